The molecule has 2 aromatic heterocycles. The summed E-state index contributed by atoms with van der Waals surface area (Å²) in [6, 6.07) is 15.0. The van der Waals surface area contributed by atoms with E-state index in [1.54, 1.807) is 24.5 Å². The number of hydrogen-bond acceptors (Lipinski definition) is 5. The van der Waals surface area contributed by atoms with Crippen LogP contribution in [-0.4, -0.2) is 42.8 Å². The molecule has 7 heteroatoms. The number of nitrogens with one attached hydrogen (secondary N) is 1. The third-order valence-corrected chi connectivity index (χ3v) is 5.76. The van der Waals surface area contributed by atoms with E-state index in [0.29, 0.717) is 0 Å². The van der Waals surface area contributed by atoms with E-state index in [0.717, 1.165) is 60.3 Å². The Labute approximate surface area is 173 Å². The first-order valence-corrected chi connectivity index (χ1v) is 10.2. The maximum absolute atomic E-state index is 12.7. The molecule has 152 valence electrons. The van der Waals surface area contributed by atoms with Gasteiger partial charge in [-0.2, -0.15) is 4.68 Å². The van der Waals surface area contributed by atoms with Crippen molar-refractivity contribution in [2.75, 3.05) is 13.1 Å². The minimum Gasteiger partial charge on any atom is -0.508 e. The van der Waals surface area contributed by atoms with Crippen molar-refractivity contribution >= 4 is 10.8 Å². The molecule has 0 aliphatic carbocycles. The molecule has 3 heterocycles. The molecule has 30 heavy (non-hydrogen) atoms. The molecule has 1 atom stereocenters. The van der Waals surface area contributed by atoms with Gasteiger partial charge in [-0.15, -0.1) is 5.10 Å². The number of nitrogens with zero attached hydrogens (tertiary/aromatic N) is 4. The van der Waals surface area contributed by atoms with E-state index in [4.69, 9.17) is 0 Å². The van der Waals surface area contributed by atoms with Gasteiger partial charge in [0.1, 0.15) is 11.6 Å². The second-order valence-electron chi connectivity index (χ2n) is 7.84. The Morgan fingerprint density at radius 3 is 2.87 bits per heavy atom. The summed E-state index contributed by atoms with van der Waals surface area (Å²) in [6.07, 6.45) is 5.57. The molecule has 1 saturated heterocycles. The third kappa shape index (κ3) is 3.59. The number of aromatic hydroxyl groups is 1. The number of piperidine rings is 1. The molecule has 0 bridgehead atoms. The first kappa shape index (κ1) is 18.6. The fourth-order valence-electron chi connectivity index (χ4n) is 4.26. The number of rotatable bonds is 4. The molecule has 5 rings (SSSR count). The summed E-state index contributed by atoms with van der Waals surface area (Å²) in [6.45, 7) is 2.67. The van der Waals surface area contributed by atoms with E-state index >= 15 is 0 Å². The summed E-state index contributed by atoms with van der Waals surface area (Å²) in [4.78, 5) is 22.3. The molecular formula is C23H23N5O2. The highest BCUT2D eigenvalue weighted by atomic mass is 16.3. The number of aromatic nitrogens is 4. The lowest BCUT2D eigenvalue weighted by Crippen LogP contribution is -2.34. The Hall–Kier alpha value is -3.45. The lowest BCUT2D eigenvalue weighted by molar-refractivity contribution is 0.196. The fraction of sp³-hybridized carbons (Fsp3) is 0.261. The Balaban J connectivity index is 1.40. The van der Waals surface area contributed by atoms with Crippen molar-refractivity contribution in [3.63, 3.8) is 0 Å². The lowest BCUT2D eigenvalue weighted by Gasteiger charge is -2.31. The average molecular weight is 401 g/mol. The first-order valence-electron chi connectivity index (χ1n) is 10.2. The molecule has 0 spiro atoms. The molecule has 1 unspecified atom stereocenters. The minimum atomic E-state index is -0.218. The second kappa shape index (κ2) is 7.76. The Bertz CT molecular complexity index is 1220. The molecule has 4 aromatic rings. The highest BCUT2D eigenvalue weighted by Crippen LogP contribution is 2.26. The van der Waals surface area contributed by atoms with Crippen molar-refractivity contribution in [2.45, 2.75) is 25.3 Å². The maximum atomic E-state index is 12.7. The molecule has 7 nitrogen and oxygen atoms in total. The number of phenols is 1. The van der Waals surface area contributed by atoms with Crippen molar-refractivity contribution in [1.29, 1.82) is 0 Å². The van der Waals surface area contributed by atoms with Gasteiger partial charge in [-0.25, -0.2) is 4.79 Å². The van der Waals surface area contributed by atoms with Crippen LogP contribution < -0.4 is 5.69 Å². The number of H-pyrrole nitrogens is 1. The van der Waals surface area contributed by atoms with Gasteiger partial charge in [0.15, 0.2) is 0 Å². The van der Waals surface area contributed by atoms with Crippen LogP contribution in [0.2, 0.25) is 0 Å². The van der Waals surface area contributed by atoms with Gasteiger partial charge in [0.2, 0.25) is 0 Å². The van der Waals surface area contributed by atoms with E-state index in [1.807, 2.05) is 36.4 Å². The topological polar surface area (TPSA) is 87.0 Å². The predicted molar refractivity (Wildman–Crippen MR) is 115 cm³/mol. The van der Waals surface area contributed by atoms with Crippen LogP contribution in [0.1, 0.15) is 30.1 Å². The summed E-state index contributed by atoms with van der Waals surface area (Å²) in [7, 11) is 0. The van der Waals surface area contributed by atoms with Crippen molar-refractivity contribution in [3.8, 4) is 11.4 Å². The predicted octanol–water partition coefficient (Wildman–Crippen LogP) is 3.19. The van der Waals surface area contributed by atoms with Gasteiger partial charge in [-0.05, 0) is 49.2 Å². The summed E-state index contributed by atoms with van der Waals surface area (Å²) in [5.74, 6) is 1.20. The van der Waals surface area contributed by atoms with Crippen LogP contribution in [0.25, 0.3) is 16.5 Å². The van der Waals surface area contributed by atoms with Crippen molar-refractivity contribution < 1.29 is 5.11 Å². The van der Waals surface area contributed by atoms with Crippen LogP contribution in [0.3, 0.4) is 0 Å². The zero-order chi connectivity index (χ0) is 20.5. The second-order valence-corrected chi connectivity index (χ2v) is 7.84. The van der Waals surface area contributed by atoms with Gasteiger partial charge in [0.05, 0.1) is 5.69 Å². The van der Waals surface area contributed by atoms with E-state index in [1.165, 1.54) is 4.68 Å². The number of aromatic amines is 1. The summed E-state index contributed by atoms with van der Waals surface area (Å²) in [5.41, 5.74) is 1.71. The molecule has 2 N–H and O–H groups in total. The molecule has 2 aromatic carbocycles. The number of hydrogen-bond donors (Lipinski definition) is 2. The highest BCUT2D eigenvalue weighted by Gasteiger charge is 2.25. The SMILES string of the molecule is O=c1[nH]c(C2CCCN(Cc3ccc(O)cc3)C2)nn1-c1cccc2cnccc12. The monoisotopic (exact) mass is 401 g/mol. The minimum absolute atomic E-state index is 0.182. The van der Waals surface area contributed by atoms with Crippen molar-refractivity contribution in [1.82, 2.24) is 24.6 Å². The van der Waals surface area contributed by atoms with Gasteiger partial charge >= 0.3 is 5.69 Å². The van der Waals surface area contributed by atoms with E-state index in [9.17, 15) is 9.90 Å². The normalized spacial score (nSPS) is 17.4. The van der Waals surface area contributed by atoms with Gasteiger partial charge in [0.25, 0.3) is 0 Å². The van der Waals surface area contributed by atoms with Crippen LogP contribution in [0.15, 0.2) is 65.7 Å². The van der Waals surface area contributed by atoms with E-state index < -0.39 is 0 Å². The fourth-order valence-corrected chi connectivity index (χ4v) is 4.26. The van der Waals surface area contributed by atoms with Crippen molar-refractivity contribution in [3.05, 3.63) is 82.8 Å². The van der Waals surface area contributed by atoms with E-state index in [2.05, 4.69) is 20.0 Å². The Kier molecular flexibility index (Phi) is 4.80. The molecule has 0 saturated carbocycles. The lowest BCUT2D eigenvalue weighted by atomic mass is 9.97. The number of pyridine rings is 1. The third-order valence-electron chi connectivity index (χ3n) is 5.76. The van der Waals surface area contributed by atoms with Gasteiger partial charge < -0.3 is 5.11 Å². The van der Waals surface area contributed by atoms with E-state index in [-0.39, 0.29) is 17.4 Å². The van der Waals surface area contributed by atoms with Gasteiger partial charge in [-0.3, -0.25) is 14.9 Å². The maximum Gasteiger partial charge on any atom is 0.348 e. The summed E-state index contributed by atoms with van der Waals surface area (Å²) in [5, 5.41) is 16.1. The summed E-state index contributed by atoms with van der Waals surface area (Å²) >= 11 is 0. The van der Waals surface area contributed by atoms with Gasteiger partial charge in [-0.1, -0.05) is 24.3 Å². The highest BCUT2D eigenvalue weighted by molar-refractivity contribution is 5.89. The number of phenolic OH excluding ortho intramolecular Hbond substituents is 1. The molecule has 0 amide bonds. The van der Waals surface area contributed by atoms with Crippen LogP contribution >= 0.6 is 0 Å². The number of likely N-dealkylation sites (tertiary alicyclic amines) is 1. The molecular weight excluding hydrogens is 378 g/mol. The zero-order valence-corrected chi connectivity index (χ0v) is 16.5. The molecule has 1 aliphatic rings. The van der Waals surface area contributed by atoms with Gasteiger partial charge in [0, 0.05) is 42.2 Å². The van der Waals surface area contributed by atoms with Crippen LogP contribution in [0.4, 0.5) is 0 Å². The standard InChI is InChI=1S/C23H23N5O2/c29-19-8-6-16(7-9-19)14-27-12-2-4-18(15-27)22-25-23(30)28(26-22)21-5-1-3-17-13-24-11-10-20(17)21/h1,3,5-11,13,18,29H,2,4,12,14-15H2,(H,25,26,30). The Morgan fingerprint density at radius 1 is 1.13 bits per heavy atom. The number of benzene rings is 2. The zero-order valence-electron chi connectivity index (χ0n) is 16.5. The summed E-state index contributed by atoms with van der Waals surface area (Å²) < 4.78 is 1.47. The average Bonchev–Trinajstić information content (AvgIpc) is 3.17. The molecule has 0 radical (unpaired) electrons. The van der Waals surface area contributed by atoms with Crippen molar-refractivity contribution in [2.24, 2.45) is 0 Å². The molecule has 1 aliphatic heterocycles. The molecule has 1 fully saturated rings. The van der Waals surface area contributed by atoms with Crippen LogP contribution in [-0.2, 0) is 6.54 Å². The van der Waals surface area contributed by atoms with Crippen LogP contribution in [0.5, 0.6) is 5.75 Å². The number of fused-ring (bicyclic) bond motifs is 1. The van der Waals surface area contributed by atoms with Crippen LogP contribution in [0, 0.1) is 0 Å². The smallest absolute Gasteiger partial charge is 0.348 e. The largest absolute Gasteiger partial charge is 0.508 e. The Morgan fingerprint density at radius 2 is 2.00 bits per heavy atom. The first-order chi connectivity index (χ1) is 14.7. The quantitative estimate of drug-likeness (QED) is 0.548.